The number of phenolic OH excluding ortho intramolecular Hbond substituents is 2. The molecule has 0 spiro atoms. The van der Waals surface area contributed by atoms with Gasteiger partial charge in [-0.3, -0.25) is 0 Å². The van der Waals surface area contributed by atoms with E-state index >= 15 is 0 Å². The lowest BCUT2D eigenvalue weighted by atomic mass is 9.82. The van der Waals surface area contributed by atoms with Gasteiger partial charge in [-0.25, -0.2) is 0 Å². The minimum absolute atomic E-state index is 0.212. The van der Waals surface area contributed by atoms with E-state index in [9.17, 15) is 10.2 Å². The lowest BCUT2D eigenvalue weighted by molar-refractivity contribution is 0.467. The van der Waals surface area contributed by atoms with Gasteiger partial charge in [0.2, 0.25) is 0 Å². The molecule has 0 saturated heterocycles. The maximum absolute atomic E-state index is 10.00. The average molecular weight is 284 g/mol. The van der Waals surface area contributed by atoms with Gasteiger partial charge in [0.05, 0.1) is 0 Å². The van der Waals surface area contributed by atoms with Gasteiger partial charge in [-0.1, -0.05) is 44.0 Å². The number of benzene rings is 2. The zero-order valence-corrected chi connectivity index (χ0v) is 13.1. The molecule has 0 aliphatic rings. The fourth-order valence-corrected chi connectivity index (χ4v) is 2.92. The Balaban J connectivity index is 2.52. The van der Waals surface area contributed by atoms with Crippen molar-refractivity contribution in [2.45, 2.75) is 46.0 Å². The third kappa shape index (κ3) is 3.21. The topological polar surface area (TPSA) is 40.5 Å². The number of phenols is 2. The van der Waals surface area contributed by atoms with Gasteiger partial charge in [0, 0.05) is 5.92 Å². The van der Waals surface area contributed by atoms with Gasteiger partial charge in [0.25, 0.3) is 0 Å². The Labute approximate surface area is 127 Å². The van der Waals surface area contributed by atoms with Crippen LogP contribution in [0.3, 0.4) is 0 Å². The lowest BCUT2D eigenvalue weighted by Crippen LogP contribution is -2.05. The van der Waals surface area contributed by atoms with Crippen LogP contribution in [0.5, 0.6) is 11.5 Å². The molecule has 2 nitrogen and oxygen atoms in total. The van der Waals surface area contributed by atoms with Crippen LogP contribution in [0.25, 0.3) is 0 Å². The summed E-state index contributed by atoms with van der Waals surface area (Å²) in [5.74, 6) is 0.891. The first-order valence-corrected chi connectivity index (χ1v) is 7.63. The molecule has 0 aliphatic heterocycles. The first kappa shape index (κ1) is 15.4. The molecule has 2 heteroatoms. The van der Waals surface area contributed by atoms with Crippen molar-refractivity contribution in [3.63, 3.8) is 0 Å². The van der Waals surface area contributed by atoms with Crippen LogP contribution in [0.4, 0.5) is 0 Å². The molecule has 0 aliphatic carbocycles. The molecule has 112 valence electrons. The van der Waals surface area contributed by atoms with Crippen molar-refractivity contribution in [2.75, 3.05) is 0 Å². The molecule has 0 aromatic heterocycles. The zero-order valence-electron chi connectivity index (χ0n) is 13.1. The molecule has 21 heavy (non-hydrogen) atoms. The standard InChI is InChI=1S/C19H24O2/c1-4-5-8-17(15-9-6-11-18(20)13(15)2)16-10-7-12-19(21)14(16)3/h6-7,9-12,17,20-21H,4-5,8H2,1-3H3. The number of aromatic hydroxyl groups is 2. The maximum Gasteiger partial charge on any atom is 0.118 e. The summed E-state index contributed by atoms with van der Waals surface area (Å²) in [5.41, 5.74) is 4.16. The SMILES string of the molecule is CCCCC(c1cccc(O)c1C)c1cccc(O)c1C. The minimum atomic E-state index is 0.212. The highest BCUT2D eigenvalue weighted by Gasteiger charge is 2.20. The third-order valence-electron chi connectivity index (χ3n) is 4.29. The Hall–Kier alpha value is -1.96. The van der Waals surface area contributed by atoms with E-state index < -0.39 is 0 Å². The van der Waals surface area contributed by atoms with E-state index in [0.717, 1.165) is 41.5 Å². The summed E-state index contributed by atoms with van der Waals surface area (Å²) in [5, 5.41) is 20.0. The molecule has 2 N–H and O–H groups in total. The van der Waals surface area contributed by atoms with Crippen molar-refractivity contribution in [1.82, 2.24) is 0 Å². The van der Waals surface area contributed by atoms with E-state index in [-0.39, 0.29) is 5.92 Å². The summed E-state index contributed by atoms with van der Waals surface area (Å²) in [4.78, 5) is 0. The second kappa shape index (κ2) is 6.66. The highest BCUT2D eigenvalue weighted by atomic mass is 16.3. The zero-order chi connectivity index (χ0) is 15.4. The Morgan fingerprint density at radius 3 is 1.76 bits per heavy atom. The van der Waals surface area contributed by atoms with E-state index in [1.807, 2.05) is 26.0 Å². The lowest BCUT2D eigenvalue weighted by Gasteiger charge is -2.22. The summed E-state index contributed by atoms with van der Waals surface area (Å²) < 4.78 is 0. The summed E-state index contributed by atoms with van der Waals surface area (Å²) in [6.07, 6.45) is 3.27. The predicted molar refractivity (Wildman–Crippen MR) is 87.1 cm³/mol. The summed E-state index contributed by atoms with van der Waals surface area (Å²) in [7, 11) is 0. The van der Waals surface area contributed by atoms with E-state index in [1.165, 1.54) is 0 Å². The van der Waals surface area contributed by atoms with Gasteiger partial charge in [-0.2, -0.15) is 0 Å². The normalized spacial score (nSPS) is 11.0. The van der Waals surface area contributed by atoms with Crippen LogP contribution in [-0.4, -0.2) is 10.2 Å². The molecule has 0 heterocycles. The van der Waals surface area contributed by atoms with Gasteiger partial charge in [0.1, 0.15) is 11.5 Å². The smallest absolute Gasteiger partial charge is 0.118 e. The number of hydrogen-bond acceptors (Lipinski definition) is 2. The van der Waals surface area contributed by atoms with E-state index in [2.05, 4.69) is 19.1 Å². The maximum atomic E-state index is 10.00. The molecule has 2 rings (SSSR count). The van der Waals surface area contributed by atoms with Gasteiger partial charge >= 0.3 is 0 Å². The van der Waals surface area contributed by atoms with E-state index in [4.69, 9.17) is 0 Å². The van der Waals surface area contributed by atoms with Crippen LogP contribution < -0.4 is 0 Å². The molecule has 0 saturated carbocycles. The van der Waals surface area contributed by atoms with Crippen molar-refractivity contribution < 1.29 is 10.2 Å². The molecular weight excluding hydrogens is 260 g/mol. The van der Waals surface area contributed by atoms with Crippen LogP contribution in [0.1, 0.15) is 54.4 Å². The first-order chi connectivity index (χ1) is 10.1. The second-order valence-electron chi connectivity index (χ2n) is 5.68. The van der Waals surface area contributed by atoms with Gasteiger partial charge in [0.15, 0.2) is 0 Å². The van der Waals surface area contributed by atoms with E-state index in [0.29, 0.717) is 11.5 Å². The van der Waals surface area contributed by atoms with Crippen LogP contribution in [0, 0.1) is 13.8 Å². The van der Waals surface area contributed by atoms with Gasteiger partial charge in [-0.15, -0.1) is 0 Å². The average Bonchev–Trinajstić information content (AvgIpc) is 2.47. The third-order valence-corrected chi connectivity index (χ3v) is 4.29. The Kier molecular flexibility index (Phi) is 4.89. The highest BCUT2D eigenvalue weighted by Crippen LogP contribution is 2.37. The largest absolute Gasteiger partial charge is 0.508 e. The summed E-state index contributed by atoms with van der Waals surface area (Å²) in [6, 6.07) is 11.4. The van der Waals surface area contributed by atoms with Crippen LogP contribution in [0.2, 0.25) is 0 Å². The second-order valence-corrected chi connectivity index (χ2v) is 5.68. The number of rotatable bonds is 5. The quantitative estimate of drug-likeness (QED) is 0.807. The van der Waals surface area contributed by atoms with E-state index in [1.54, 1.807) is 12.1 Å². The minimum Gasteiger partial charge on any atom is -0.508 e. The molecule has 2 aromatic carbocycles. The number of unbranched alkanes of at least 4 members (excludes halogenated alkanes) is 1. The van der Waals surface area contributed by atoms with Crippen LogP contribution in [-0.2, 0) is 0 Å². The molecule has 0 amide bonds. The van der Waals surface area contributed by atoms with Crippen molar-refractivity contribution in [3.05, 3.63) is 58.7 Å². The fraction of sp³-hybridized carbons (Fsp3) is 0.368. The van der Waals surface area contributed by atoms with Gasteiger partial charge < -0.3 is 10.2 Å². The molecule has 0 fully saturated rings. The van der Waals surface area contributed by atoms with Crippen LogP contribution >= 0.6 is 0 Å². The summed E-state index contributed by atoms with van der Waals surface area (Å²) in [6.45, 7) is 6.10. The predicted octanol–water partition coefficient (Wildman–Crippen LogP) is 5.04. The highest BCUT2D eigenvalue weighted by molar-refractivity contribution is 5.48. The molecule has 0 unspecified atom stereocenters. The molecule has 0 atom stereocenters. The van der Waals surface area contributed by atoms with Gasteiger partial charge in [-0.05, 0) is 54.7 Å². The van der Waals surface area contributed by atoms with Crippen molar-refractivity contribution in [3.8, 4) is 11.5 Å². The molecule has 0 bridgehead atoms. The molecule has 2 aromatic rings. The molecular formula is C19H24O2. The number of hydrogen-bond donors (Lipinski definition) is 2. The van der Waals surface area contributed by atoms with Crippen molar-refractivity contribution >= 4 is 0 Å². The fourth-order valence-electron chi connectivity index (χ4n) is 2.92. The monoisotopic (exact) mass is 284 g/mol. The van der Waals surface area contributed by atoms with Crippen molar-refractivity contribution in [1.29, 1.82) is 0 Å². The Bertz CT molecular complexity index is 565. The Morgan fingerprint density at radius 1 is 0.857 bits per heavy atom. The Morgan fingerprint density at radius 2 is 1.33 bits per heavy atom. The van der Waals surface area contributed by atoms with Crippen molar-refractivity contribution in [2.24, 2.45) is 0 Å². The summed E-state index contributed by atoms with van der Waals surface area (Å²) >= 11 is 0. The van der Waals surface area contributed by atoms with Crippen LogP contribution in [0.15, 0.2) is 36.4 Å². The first-order valence-electron chi connectivity index (χ1n) is 7.63. The molecule has 0 radical (unpaired) electrons.